The molecule has 18 heavy (non-hydrogen) atoms. The van der Waals surface area contributed by atoms with Gasteiger partial charge in [-0.3, -0.25) is 0 Å². The Morgan fingerprint density at radius 3 is 2.78 bits per heavy atom. The lowest BCUT2D eigenvalue weighted by molar-refractivity contribution is 0.451. The molecule has 5 heteroatoms. The van der Waals surface area contributed by atoms with Crippen LogP contribution in [-0.2, 0) is 6.42 Å². The smallest absolute Gasteiger partial charge is 0.195 e. The number of H-pyrrole nitrogens is 1. The summed E-state index contributed by atoms with van der Waals surface area (Å²) in [7, 11) is 1.79. The fraction of sp³-hybridized carbons (Fsp3) is 0.385. The minimum Gasteiger partial charge on any atom is -0.358 e. The van der Waals surface area contributed by atoms with Crippen LogP contribution in [-0.4, -0.2) is 12.0 Å². The van der Waals surface area contributed by atoms with Crippen molar-refractivity contribution < 1.29 is 13.2 Å². The van der Waals surface area contributed by atoms with Crippen LogP contribution in [0.3, 0.4) is 0 Å². The van der Waals surface area contributed by atoms with E-state index in [2.05, 4.69) is 10.3 Å². The van der Waals surface area contributed by atoms with Crippen molar-refractivity contribution in [1.82, 2.24) is 10.3 Å². The first kappa shape index (κ1) is 11.6. The molecule has 1 atom stereocenters. The van der Waals surface area contributed by atoms with Crippen molar-refractivity contribution in [2.75, 3.05) is 7.05 Å². The molecular weight excluding hydrogens is 241 g/mol. The molecule has 1 heterocycles. The third kappa shape index (κ3) is 1.47. The van der Waals surface area contributed by atoms with Crippen LogP contribution in [0.2, 0.25) is 0 Å². The zero-order valence-corrected chi connectivity index (χ0v) is 9.91. The fourth-order valence-electron chi connectivity index (χ4n) is 2.84. The number of aryl methyl sites for hydroxylation is 1. The van der Waals surface area contributed by atoms with Crippen LogP contribution in [0.25, 0.3) is 10.9 Å². The number of fused-ring (bicyclic) bond motifs is 3. The topological polar surface area (TPSA) is 27.8 Å². The van der Waals surface area contributed by atoms with E-state index in [4.69, 9.17) is 0 Å². The highest BCUT2D eigenvalue weighted by molar-refractivity contribution is 5.86. The first-order valence-corrected chi connectivity index (χ1v) is 5.98. The van der Waals surface area contributed by atoms with Gasteiger partial charge in [-0.25, -0.2) is 13.2 Å². The molecule has 0 spiro atoms. The molecule has 1 unspecified atom stereocenters. The minimum absolute atomic E-state index is 0.0122. The highest BCUT2D eigenvalue weighted by Crippen LogP contribution is 2.37. The van der Waals surface area contributed by atoms with E-state index in [1.807, 2.05) is 0 Å². The van der Waals surface area contributed by atoms with Gasteiger partial charge in [0.25, 0.3) is 0 Å². The standard InChI is InChI=1S/C13H13F3N2/c1-17-7-3-2-4-8-10(7)11-9(18-8)5-6(14)12(15)13(11)16/h5,7,17-18H,2-4H2,1H3. The van der Waals surface area contributed by atoms with Gasteiger partial charge in [0.1, 0.15) is 0 Å². The molecule has 2 aromatic rings. The Labute approximate surface area is 102 Å². The lowest BCUT2D eigenvalue weighted by Gasteiger charge is -2.22. The second kappa shape index (κ2) is 4.02. The summed E-state index contributed by atoms with van der Waals surface area (Å²) in [6.07, 6.45) is 2.62. The van der Waals surface area contributed by atoms with Gasteiger partial charge in [0.05, 0.1) is 5.52 Å². The van der Waals surface area contributed by atoms with E-state index in [1.54, 1.807) is 7.05 Å². The van der Waals surface area contributed by atoms with Crippen LogP contribution >= 0.6 is 0 Å². The maximum atomic E-state index is 13.9. The lowest BCUT2D eigenvalue weighted by Crippen LogP contribution is -2.21. The van der Waals surface area contributed by atoms with Crippen molar-refractivity contribution >= 4 is 10.9 Å². The number of aromatic nitrogens is 1. The van der Waals surface area contributed by atoms with E-state index in [9.17, 15) is 13.2 Å². The van der Waals surface area contributed by atoms with Gasteiger partial charge in [0.15, 0.2) is 17.5 Å². The number of rotatable bonds is 1. The summed E-state index contributed by atoms with van der Waals surface area (Å²) in [5.41, 5.74) is 1.95. The summed E-state index contributed by atoms with van der Waals surface area (Å²) in [6, 6.07) is 1.01. The molecule has 3 rings (SSSR count). The van der Waals surface area contributed by atoms with E-state index in [0.717, 1.165) is 36.6 Å². The van der Waals surface area contributed by atoms with Gasteiger partial charge in [-0.15, -0.1) is 0 Å². The van der Waals surface area contributed by atoms with Crippen molar-refractivity contribution in [3.63, 3.8) is 0 Å². The molecule has 0 amide bonds. The van der Waals surface area contributed by atoms with E-state index in [0.29, 0.717) is 5.52 Å². The van der Waals surface area contributed by atoms with Crippen LogP contribution in [0.5, 0.6) is 0 Å². The SMILES string of the molecule is CNC1CCCc2[nH]c3cc(F)c(F)c(F)c3c21. The van der Waals surface area contributed by atoms with Gasteiger partial charge < -0.3 is 10.3 Å². The number of halogens is 3. The number of benzene rings is 1. The van der Waals surface area contributed by atoms with Gasteiger partial charge in [-0.05, 0) is 26.3 Å². The quantitative estimate of drug-likeness (QED) is 0.751. The first-order chi connectivity index (χ1) is 8.63. The molecular formula is C13H13F3N2. The molecule has 0 aliphatic heterocycles. The molecule has 0 fully saturated rings. The number of aromatic amines is 1. The summed E-state index contributed by atoms with van der Waals surface area (Å²) in [4.78, 5) is 3.00. The minimum atomic E-state index is -1.40. The second-order valence-corrected chi connectivity index (χ2v) is 4.66. The predicted octanol–water partition coefficient (Wildman–Crippen LogP) is 3.18. The van der Waals surface area contributed by atoms with Crippen molar-refractivity contribution in [2.45, 2.75) is 25.3 Å². The Hall–Kier alpha value is -1.49. The lowest BCUT2D eigenvalue weighted by atomic mass is 9.90. The molecule has 1 aromatic heterocycles. The van der Waals surface area contributed by atoms with Crippen LogP contribution < -0.4 is 5.32 Å². The molecule has 1 aliphatic carbocycles. The van der Waals surface area contributed by atoms with Crippen LogP contribution in [0, 0.1) is 17.5 Å². The monoisotopic (exact) mass is 254 g/mol. The Morgan fingerprint density at radius 2 is 2.06 bits per heavy atom. The van der Waals surface area contributed by atoms with Gasteiger partial charge in [0, 0.05) is 28.8 Å². The normalized spacial score (nSPS) is 19.2. The number of nitrogens with one attached hydrogen (secondary N) is 2. The third-order valence-electron chi connectivity index (χ3n) is 3.66. The van der Waals surface area contributed by atoms with Crippen LogP contribution in [0.1, 0.15) is 30.1 Å². The molecule has 0 saturated heterocycles. The molecule has 0 radical (unpaired) electrons. The predicted molar refractivity (Wildman–Crippen MR) is 62.9 cm³/mol. The Bertz CT molecular complexity index is 618. The zero-order valence-electron chi connectivity index (χ0n) is 9.91. The van der Waals surface area contributed by atoms with Crippen LogP contribution in [0.4, 0.5) is 13.2 Å². The van der Waals surface area contributed by atoms with E-state index < -0.39 is 17.5 Å². The van der Waals surface area contributed by atoms with Crippen molar-refractivity contribution in [2.24, 2.45) is 0 Å². The molecule has 2 N–H and O–H groups in total. The van der Waals surface area contributed by atoms with Gasteiger partial charge in [-0.2, -0.15) is 0 Å². The van der Waals surface area contributed by atoms with Crippen LogP contribution in [0.15, 0.2) is 6.07 Å². The van der Waals surface area contributed by atoms with E-state index >= 15 is 0 Å². The zero-order chi connectivity index (χ0) is 12.9. The van der Waals surface area contributed by atoms with E-state index in [-0.39, 0.29) is 11.4 Å². The van der Waals surface area contributed by atoms with Crippen molar-refractivity contribution in [3.05, 3.63) is 34.8 Å². The van der Waals surface area contributed by atoms with Gasteiger partial charge >= 0.3 is 0 Å². The summed E-state index contributed by atoms with van der Waals surface area (Å²) in [6.45, 7) is 0. The number of hydrogen-bond acceptors (Lipinski definition) is 1. The summed E-state index contributed by atoms with van der Waals surface area (Å²) < 4.78 is 40.5. The highest BCUT2D eigenvalue weighted by Gasteiger charge is 2.27. The molecule has 96 valence electrons. The molecule has 1 aliphatic rings. The maximum absolute atomic E-state index is 13.9. The van der Waals surface area contributed by atoms with E-state index in [1.165, 1.54) is 0 Å². The second-order valence-electron chi connectivity index (χ2n) is 4.66. The number of hydrogen-bond donors (Lipinski definition) is 2. The summed E-state index contributed by atoms with van der Waals surface area (Å²) in [5, 5.41) is 3.28. The average Bonchev–Trinajstić information content (AvgIpc) is 2.73. The van der Waals surface area contributed by atoms with Gasteiger partial charge in [0.2, 0.25) is 0 Å². The average molecular weight is 254 g/mol. The summed E-state index contributed by atoms with van der Waals surface area (Å²) in [5.74, 6) is -3.64. The molecule has 0 saturated carbocycles. The Balaban J connectivity index is 2.36. The van der Waals surface area contributed by atoms with Gasteiger partial charge in [-0.1, -0.05) is 0 Å². The summed E-state index contributed by atoms with van der Waals surface area (Å²) >= 11 is 0. The highest BCUT2D eigenvalue weighted by atomic mass is 19.2. The van der Waals surface area contributed by atoms with Crippen molar-refractivity contribution in [3.8, 4) is 0 Å². The first-order valence-electron chi connectivity index (χ1n) is 5.98. The largest absolute Gasteiger partial charge is 0.358 e. The maximum Gasteiger partial charge on any atom is 0.195 e. The third-order valence-corrected chi connectivity index (χ3v) is 3.66. The molecule has 2 nitrogen and oxygen atoms in total. The molecule has 0 bridgehead atoms. The Morgan fingerprint density at radius 1 is 1.28 bits per heavy atom. The molecule has 1 aromatic carbocycles. The Kier molecular flexibility index (Phi) is 2.59. The van der Waals surface area contributed by atoms with Crippen molar-refractivity contribution in [1.29, 1.82) is 0 Å². The fourth-order valence-corrected chi connectivity index (χ4v) is 2.84.